The minimum atomic E-state index is -4.63. The lowest BCUT2D eigenvalue weighted by Crippen LogP contribution is -2.16. The van der Waals surface area contributed by atoms with Crippen LogP contribution in [0.1, 0.15) is 12.5 Å². The molecule has 100 valence electrons. The van der Waals surface area contributed by atoms with Crippen LogP contribution in [-0.4, -0.2) is 22.7 Å². The van der Waals surface area contributed by atoms with Gasteiger partial charge in [-0.1, -0.05) is 0 Å². The van der Waals surface area contributed by atoms with Crippen molar-refractivity contribution in [3.05, 3.63) is 33.9 Å². The summed E-state index contributed by atoms with van der Waals surface area (Å²) in [6.07, 6.45) is -5.40. The third-order valence-electron chi connectivity index (χ3n) is 2.11. The number of nitrogens with one attached hydrogen (secondary N) is 1. The average Bonchev–Trinajstić information content (AvgIpc) is 2.24. The molecule has 0 radical (unpaired) electrons. The zero-order valence-corrected chi connectivity index (χ0v) is 9.36. The molecule has 0 saturated heterocycles. The lowest BCUT2D eigenvalue weighted by Gasteiger charge is -2.11. The molecule has 0 bridgehead atoms. The van der Waals surface area contributed by atoms with Gasteiger partial charge in [-0.2, -0.15) is 13.2 Å². The smallest absolute Gasteiger partial charge is 0.392 e. The first-order chi connectivity index (χ1) is 8.21. The molecule has 1 atom stereocenters. The molecule has 0 heterocycles. The van der Waals surface area contributed by atoms with Crippen LogP contribution in [0.5, 0.6) is 0 Å². The fourth-order valence-electron chi connectivity index (χ4n) is 1.27. The lowest BCUT2D eigenvalue weighted by atomic mass is 10.1. The number of benzene rings is 1. The number of halogens is 3. The van der Waals surface area contributed by atoms with Crippen molar-refractivity contribution >= 4 is 11.4 Å². The summed E-state index contributed by atoms with van der Waals surface area (Å²) in [7, 11) is 0. The molecule has 0 aliphatic rings. The van der Waals surface area contributed by atoms with E-state index in [0.29, 0.717) is 6.07 Å². The summed E-state index contributed by atoms with van der Waals surface area (Å²) in [5.74, 6) is 0. The Morgan fingerprint density at radius 3 is 2.56 bits per heavy atom. The van der Waals surface area contributed by atoms with Crippen molar-refractivity contribution in [3.8, 4) is 0 Å². The van der Waals surface area contributed by atoms with Gasteiger partial charge in [0.25, 0.3) is 5.69 Å². The first-order valence-corrected chi connectivity index (χ1v) is 4.99. The SMILES string of the molecule is C[C@H](O)CNc1ccc(C(F)(F)F)cc1[N+](=O)[O-]. The summed E-state index contributed by atoms with van der Waals surface area (Å²) in [6.45, 7) is 1.45. The van der Waals surface area contributed by atoms with Crippen LogP contribution < -0.4 is 5.32 Å². The number of aliphatic hydroxyl groups excluding tert-OH is 1. The molecular weight excluding hydrogens is 253 g/mol. The molecule has 8 heteroatoms. The van der Waals surface area contributed by atoms with Gasteiger partial charge in [0.05, 0.1) is 16.6 Å². The zero-order chi connectivity index (χ0) is 13.9. The molecule has 0 aliphatic heterocycles. The Morgan fingerprint density at radius 2 is 2.11 bits per heavy atom. The monoisotopic (exact) mass is 264 g/mol. The lowest BCUT2D eigenvalue weighted by molar-refractivity contribution is -0.384. The number of aliphatic hydroxyl groups is 1. The predicted molar refractivity (Wildman–Crippen MR) is 58.3 cm³/mol. The minimum Gasteiger partial charge on any atom is -0.392 e. The Labute approximate surface area is 100 Å². The number of rotatable bonds is 4. The molecule has 5 nitrogen and oxygen atoms in total. The van der Waals surface area contributed by atoms with E-state index >= 15 is 0 Å². The number of hydrogen-bond acceptors (Lipinski definition) is 4. The van der Waals surface area contributed by atoms with Crippen LogP contribution >= 0.6 is 0 Å². The highest BCUT2D eigenvalue weighted by atomic mass is 19.4. The molecule has 2 N–H and O–H groups in total. The molecule has 0 unspecified atom stereocenters. The summed E-state index contributed by atoms with van der Waals surface area (Å²) >= 11 is 0. The fraction of sp³-hybridized carbons (Fsp3) is 0.400. The van der Waals surface area contributed by atoms with Crippen LogP contribution in [-0.2, 0) is 6.18 Å². The predicted octanol–water partition coefficient (Wildman–Crippen LogP) is 2.41. The molecule has 0 amide bonds. The van der Waals surface area contributed by atoms with E-state index in [2.05, 4.69) is 5.32 Å². The average molecular weight is 264 g/mol. The number of nitrogens with zero attached hydrogens (tertiary/aromatic N) is 1. The van der Waals surface area contributed by atoms with E-state index in [0.717, 1.165) is 12.1 Å². The number of anilines is 1. The van der Waals surface area contributed by atoms with Gasteiger partial charge < -0.3 is 10.4 Å². The highest BCUT2D eigenvalue weighted by molar-refractivity contribution is 5.63. The van der Waals surface area contributed by atoms with Crippen molar-refractivity contribution in [2.45, 2.75) is 19.2 Å². The maximum atomic E-state index is 12.4. The Bertz CT molecular complexity index is 446. The van der Waals surface area contributed by atoms with Crippen LogP contribution in [0.2, 0.25) is 0 Å². The Kier molecular flexibility index (Phi) is 4.12. The quantitative estimate of drug-likeness (QED) is 0.646. The second kappa shape index (κ2) is 5.21. The number of nitro benzene ring substituents is 1. The molecule has 0 fully saturated rings. The normalized spacial score (nSPS) is 13.2. The topological polar surface area (TPSA) is 75.4 Å². The van der Waals surface area contributed by atoms with E-state index in [1.165, 1.54) is 6.92 Å². The van der Waals surface area contributed by atoms with Crippen LogP contribution in [0.3, 0.4) is 0 Å². The van der Waals surface area contributed by atoms with Crippen molar-refractivity contribution in [1.82, 2.24) is 0 Å². The molecule has 18 heavy (non-hydrogen) atoms. The van der Waals surface area contributed by atoms with Gasteiger partial charge >= 0.3 is 6.18 Å². The van der Waals surface area contributed by atoms with Crippen LogP contribution in [0.4, 0.5) is 24.5 Å². The van der Waals surface area contributed by atoms with Gasteiger partial charge in [-0.15, -0.1) is 0 Å². The van der Waals surface area contributed by atoms with Crippen LogP contribution in [0.15, 0.2) is 18.2 Å². The van der Waals surface area contributed by atoms with Gasteiger partial charge in [-0.3, -0.25) is 10.1 Å². The van der Waals surface area contributed by atoms with Crippen molar-refractivity contribution in [1.29, 1.82) is 0 Å². The van der Waals surface area contributed by atoms with E-state index in [1.807, 2.05) is 0 Å². The Morgan fingerprint density at radius 1 is 1.50 bits per heavy atom. The largest absolute Gasteiger partial charge is 0.416 e. The van der Waals surface area contributed by atoms with Crippen LogP contribution in [0, 0.1) is 10.1 Å². The minimum absolute atomic E-state index is 0.00616. The van der Waals surface area contributed by atoms with Gasteiger partial charge in [0.2, 0.25) is 0 Å². The van der Waals surface area contributed by atoms with Crippen molar-refractivity contribution in [2.75, 3.05) is 11.9 Å². The summed E-state index contributed by atoms with van der Waals surface area (Å²) in [5, 5.41) is 22.2. The molecular formula is C10H11F3N2O3. The van der Waals surface area contributed by atoms with E-state index in [9.17, 15) is 23.3 Å². The zero-order valence-electron chi connectivity index (χ0n) is 9.36. The summed E-state index contributed by atoms with van der Waals surface area (Å²) < 4.78 is 37.2. The molecule has 1 aromatic rings. The third kappa shape index (κ3) is 3.59. The van der Waals surface area contributed by atoms with E-state index in [1.54, 1.807) is 0 Å². The first-order valence-electron chi connectivity index (χ1n) is 4.99. The standard InChI is InChI=1S/C10H11F3N2O3/c1-6(16)5-14-8-3-2-7(10(11,12)13)4-9(8)15(17)18/h2-4,6,14,16H,5H2,1H3/t6-/m0/s1. The fourth-order valence-corrected chi connectivity index (χ4v) is 1.27. The molecule has 0 aromatic heterocycles. The van der Waals surface area contributed by atoms with Gasteiger partial charge in [0.1, 0.15) is 5.69 Å². The summed E-state index contributed by atoms with van der Waals surface area (Å²) in [6, 6.07) is 2.19. The summed E-state index contributed by atoms with van der Waals surface area (Å²) in [5.41, 5.74) is -1.82. The number of alkyl halides is 3. The van der Waals surface area contributed by atoms with Gasteiger partial charge in [0, 0.05) is 12.6 Å². The van der Waals surface area contributed by atoms with Crippen molar-refractivity contribution in [3.63, 3.8) is 0 Å². The Hall–Kier alpha value is -1.83. The van der Waals surface area contributed by atoms with Crippen molar-refractivity contribution in [2.24, 2.45) is 0 Å². The molecule has 1 rings (SSSR count). The second-order valence-electron chi connectivity index (χ2n) is 3.72. The first kappa shape index (κ1) is 14.2. The molecule has 0 saturated carbocycles. The maximum absolute atomic E-state index is 12.4. The van der Waals surface area contributed by atoms with Crippen LogP contribution in [0.25, 0.3) is 0 Å². The van der Waals surface area contributed by atoms with E-state index in [4.69, 9.17) is 5.11 Å². The second-order valence-corrected chi connectivity index (χ2v) is 3.72. The van der Waals surface area contributed by atoms with Gasteiger partial charge in [0.15, 0.2) is 0 Å². The number of nitro groups is 1. The molecule has 0 aliphatic carbocycles. The van der Waals surface area contributed by atoms with Crippen molar-refractivity contribution < 1.29 is 23.2 Å². The molecule has 1 aromatic carbocycles. The van der Waals surface area contributed by atoms with E-state index in [-0.39, 0.29) is 12.2 Å². The highest BCUT2D eigenvalue weighted by Crippen LogP contribution is 2.34. The summed E-state index contributed by atoms with van der Waals surface area (Å²) in [4.78, 5) is 9.78. The Balaban J connectivity index is 3.09. The third-order valence-corrected chi connectivity index (χ3v) is 2.11. The van der Waals surface area contributed by atoms with Gasteiger partial charge in [-0.25, -0.2) is 0 Å². The highest BCUT2D eigenvalue weighted by Gasteiger charge is 2.32. The maximum Gasteiger partial charge on any atom is 0.416 e. The molecule has 0 spiro atoms. The van der Waals surface area contributed by atoms with E-state index < -0.39 is 28.5 Å². The number of hydrogen-bond donors (Lipinski definition) is 2. The van der Waals surface area contributed by atoms with Gasteiger partial charge in [-0.05, 0) is 19.1 Å².